The Morgan fingerprint density at radius 3 is 2.84 bits per heavy atom. The fourth-order valence-electron chi connectivity index (χ4n) is 1.71. The summed E-state index contributed by atoms with van der Waals surface area (Å²) in [5.41, 5.74) is 3.51. The standard InChI is InChI=1S/C15H21BrN2O/c1-2-3-4-5-6-10-15(19)18-17-12-13-8-7-9-14(16)11-13/h7-9,11-12H,2-6,10H2,1H3,(H,18,19). The molecule has 1 N–H and O–H groups in total. The first-order valence-electron chi connectivity index (χ1n) is 6.80. The number of halogens is 1. The molecule has 3 nitrogen and oxygen atoms in total. The Morgan fingerprint density at radius 1 is 1.32 bits per heavy atom. The molecule has 0 fully saturated rings. The van der Waals surface area contributed by atoms with Crippen LogP contribution < -0.4 is 5.43 Å². The van der Waals surface area contributed by atoms with Gasteiger partial charge in [-0.2, -0.15) is 5.10 Å². The molecule has 1 amide bonds. The SMILES string of the molecule is CCCCCCCC(=O)NN=Cc1cccc(Br)c1. The van der Waals surface area contributed by atoms with Crippen molar-refractivity contribution < 1.29 is 4.79 Å². The number of hydrogen-bond acceptors (Lipinski definition) is 2. The second kappa shape index (κ2) is 9.73. The molecular formula is C15H21BrN2O. The first-order valence-corrected chi connectivity index (χ1v) is 7.59. The maximum Gasteiger partial charge on any atom is 0.240 e. The summed E-state index contributed by atoms with van der Waals surface area (Å²) in [6.07, 6.45) is 7.96. The zero-order valence-electron chi connectivity index (χ0n) is 11.4. The van der Waals surface area contributed by atoms with E-state index in [0.717, 1.165) is 22.9 Å². The number of carbonyl (C=O) groups is 1. The van der Waals surface area contributed by atoms with Crippen molar-refractivity contribution in [3.8, 4) is 0 Å². The quantitative estimate of drug-likeness (QED) is 0.433. The third-order valence-electron chi connectivity index (χ3n) is 2.76. The van der Waals surface area contributed by atoms with E-state index in [0.29, 0.717) is 6.42 Å². The van der Waals surface area contributed by atoms with Gasteiger partial charge in [0.05, 0.1) is 6.21 Å². The van der Waals surface area contributed by atoms with Gasteiger partial charge in [-0.25, -0.2) is 5.43 Å². The zero-order chi connectivity index (χ0) is 13.9. The van der Waals surface area contributed by atoms with Crippen LogP contribution in [0.3, 0.4) is 0 Å². The summed E-state index contributed by atoms with van der Waals surface area (Å²) in [5, 5.41) is 3.95. The number of nitrogens with one attached hydrogen (secondary N) is 1. The Morgan fingerprint density at radius 2 is 2.11 bits per heavy atom. The van der Waals surface area contributed by atoms with Gasteiger partial charge in [0.2, 0.25) is 5.91 Å². The van der Waals surface area contributed by atoms with E-state index in [2.05, 4.69) is 33.4 Å². The monoisotopic (exact) mass is 324 g/mol. The Balaban J connectivity index is 2.19. The number of benzene rings is 1. The van der Waals surface area contributed by atoms with Gasteiger partial charge >= 0.3 is 0 Å². The number of hydrazone groups is 1. The van der Waals surface area contributed by atoms with Crippen LogP contribution in [-0.2, 0) is 4.79 Å². The summed E-state index contributed by atoms with van der Waals surface area (Å²) < 4.78 is 0.999. The maximum atomic E-state index is 11.5. The smallest absolute Gasteiger partial charge is 0.240 e. The van der Waals surface area contributed by atoms with Crippen molar-refractivity contribution in [1.29, 1.82) is 0 Å². The number of unbranched alkanes of at least 4 members (excludes halogenated alkanes) is 4. The first-order chi connectivity index (χ1) is 9.22. The van der Waals surface area contributed by atoms with Crippen LogP contribution in [0, 0.1) is 0 Å². The van der Waals surface area contributed by atoms with Crippen molar-refractivity contribution in [2.75, 3.05) is 0 Å². The molecule has 0 aliphatic heterocycles. The van der Waals surface area contributed by atoms with Crippen molar-refractivity contribution in [3.63, 3.8) is 0 Å². The van der Waals surface area contributed by atoms with Crippen molar-refractivity contribution in [2.45, 2.75) is 45.4 Å². The molecule has 0 heterocycles. The number of hydrogen-bond donors (Lipinski definition) is 1. The van der Waals surface area contributed by atoms with Crippen molar-refractivity contribution >= 4 is 28.1 Å². The van der Waals surface area contributed by atoms with E-state index < -0.39 is 0 Å². The van der Waals surface area contributed by atoms with E-state index in [9.17, 15) is 4.79 Å². The second-order valence-electron chi connectivity index (χ2n) is 4.51. The van der Waals surface area contributed by atoms with Gasteiger partial charge in [0.25, 0.3) is 0 Å². The van der Waals surface area contributed by atoms with Gasteiger partial charge in [-0.05, 0) is 24.1 Å². The van der Waals surface area contributed by atoms with Crippen molar-refractivity contribution in [3.05, 3.63) is 34.3 Å². The lowest BCUT2D eigenvalue weighted by atomic mass is 10.1. The van der Waals surface area contributed by atoms with Crippen LogP contribution in [0.2, 0.25) is 0 Å². The topological polar surface area (TPSA) is 41.5 Å². The molecule has 0 aromatic heterocycles. The van der Waals surface area contributed by atoms with Gasteiger partial charge < -0.3 is 0 Å². The summed E-state index contributed by atoms with van der Waals surface area (Å²) >= 11 is 3.39. The van der Waals surface area contributed by atoms with Gasteiger partial charge in [0.1, 0.15) is 0 Å². The van der Waals surface area contributed by atoms with E-state index >= 15 is 0 Å². The van der Waals surface area contributed by atoms with Gasteiger partial charge in [-0.15, -0.1) is 0 Å². The molecule has 0 spiro atoms. The van der Waals surface area contributed by atoms with Crippen LogP contribution in [0.1, 0.15) is 51.0 Å². The predicted molar refractivity (Wildman–Crippen MR) is 83.3 cm³/mol. The minimum absolute atomic E-state index is 0.0113. The lowest BCUT2D eigenvalue weighted by Gasteiger charge is -2.00. The Hall–Kier alpha value is -1.16. The molecule has 104 valence electrons. The molecule has 0 aliphatic rings. The number of rotatable bonds is 8. The van der Waals surface area contributed by atoms with Crippen molar-refractivity contribution in [1.82, 2.24) is 5.43 Å². The highest BCUT2D eigenvalue weighted by atomic mass is 79.9. The minimum Gasteiger partial charge on any atom is -0.273 e. The van der Waals surface area contributed by atoms with Gasteiger partial charge in [-0.3, -0.25) is 4.79 Å². The summed E-state index contributed by atoms with van der Waals surface area (Å²) in [5.74, 6) is -0.0113. The summed E-state index contributed by atoms with van der Waals surface area (Å²) in [7, 11) is 0. The molecule has 19 heavy (non-hydrogen) atoms. The Kier molecular flexibility index (Phi) is 8.14. The van der Waals surface area contributed by atoms with Crippen LogP contribution >= 0.6 is 15.9 Å². The van der Waals surface area contributed by atoms with E-state index in [4.69, 9.17) is 0 Å². The molecule has 1 aromatic rings. The van der Waals surface area contributed by atoms with Gasteiger partial charge in [0, 0.05) is 10.9 Å². The lowest BCUT2D eigenvalue weighted by molar-refractivity contribution is -0.121. The fourth-order valence-corrected chi connectivity index (χ4v) is 2.13. The number of amides is 1. The molecule has 4 heteroatoms. The number of carbonyl (C=O) groups excluding carboxylic acids is 1. The average Bonchev–Trinajstić information content (AvgIpc) is 2.38. The van der Waals surface area contributed by atoms with Crippen LogP contribution in [0.5, 0.6) is 0 Å². The van der Waals surface area contributed by atoms with E-state index in [1.165, 1.54) is 19.3 Å². The minimum atomic E-state index is -0.0113. The first kappa shape index (κ1) is 15.9. The number of nitrogens with zero attached hydrogens (tertiary/aromatic N) is 1. The summed E-state index contributed by atoms with van der Waals surface area (Å²) in [4.78, 5) is 11.5. The molecule has 1 rings (SSSR count). The summed E-state index contributed by atoms with van der Waals surface area (Å²) in [6, 6.07) is 7.76. The predicted octanol–water partition coefficient (Wildman–Crippen LogP) is 4.26. The van der Waals surface area contributed by atoms with E-state index in [1.807, 2.05) is 24.3 Å². The van der Waals surface area contributed by atoms with Crippen LogP contribution in [-0.4, -0.2) is 12.1 Å². The van der Waals surface area contributed by atoms with Gasteiger partial charge in [-0.1, -0.05) is 60.7 Å². The average molecular weight is 325 g/mol. The second-order valence-corrected chi connectivity index (χ2v) is 5.43. The molecular weight excluding hydrogens is 304 g/mol. The largest absolute Gasteiger partial charge is 0.273 e. The molecule has 0 unspecified atom stereocenters. The fraction of sp³-hybridized carbons (Fsp3) is 0.467. The van der Waals surface area contributed by atoms with Gasteiger partial charge in [0.15, 0.2) is 0 Å². The van der Waals surface area contributed by atoms with E-state index in [1.54, 1.807) is 6.21 Å². The Bertz CT molecular complexity index is 418. The highest BCUT2D eigenvalue weighted by molar-refractivity contribution is 9.10. The lowest BCUT2D eigenvalue weighted by Crippen LogP contribution is -2.16. The molecule has 0 radical (unpaired) electrons. The zero-order valence-corrected chi connectivity index (χ0v) is 12.9. The maximum absolute atomic E-state index is 11.5. The molecule has 1 aromatic carbocycles. The Labute approximate surface area is 123 Å². The molecule has 0 aliphatic carbocycles. The molecule has 0 atom stereocenters. The molecule has 0 saturated heterocycles. The van der Waals surface area contributed by atoms with Crippen LogP contribution in [0.15, 0.2) is 33.8 Å². The normalized spacial score (nSPS) is 10.8. The van der Waals surface area contributed by atoms with E-state index in [-0.39, 0.29) is 5.91 Å². The molecule has 0 saturated carbocycles. The molecule has 0 bridgehead atoms. The highest BCUT2D eigenvalue weighted by Crippen LogP contribution is 2.09. The van der Waals surface area contributed by atoms with Crippen LogP contribution in [0.25, 0.3) is 0 Å². The van der Waals surface area contributed by atoms with Crippen molar-refractivity contribution in [2.24, 2.45) is 5.10 Å². The van der Waals surface area contributed by atoms with Crippen LogP contribution in [0.4, 0.5) is 0 Å². The highest BCUT2D eigenvalue weighted by Gasteiger charge is 1.98. The third-order valence-corrected chi connectivity index (χ3v) is 3.25. The third kappa shape index (κ3) is 7.78. The summed E-state index contributed by atoms with van der Waals surface area (Å²) in [6.45, 7) is 2.18.